The SMILES string of the molecule is CN(C)C(=O)C1CCCN(C2(C3CCCC3)CCNCC2N)C1. The molecule has 3 unspecified atom stereocenters. The van der Waals surface area contributed by atoms with Gasteiger partial charge in [-0.05, 0) is 51.1 Å². The van der Waals surface area contributed by atoms with Crippen LogP contribution in [0.5, 0.6) is 0 Å². The van der Waals surface area contributed by atoms with Gasteiger partial charge in [0, 0.05) is 38.8 Å². The number of nitrogens with one attached hydrogen (secondary N) is 1. The van der Waals surface area contributed by atoms with Crippen LogP contribution in [-0.2, 0) is 4.79 Å². The van der Waals surface area contributed by atoms with Gasteiger partial charge in [-0.1, -0.05) is 12.8 Å². The van der Waals surface area contributed by atoms with Gasteiger partial charge in [0.2, 0.25) is 5.91 Å². The summed E-state index contributed by atoms with van der Waals surface area (Å²) in [4.78, 5) is 16.9. The molecule has 132 valence electrons. The van der Waals surface area contributed by atoms with Gasteiger partial charge >= 0.3 is 0 Å². The Bertz CT molecular complexity index is 421. The van der Waals surface area contributed by atoms with Crippen molar-refractivity contribution in [1.82, 2.24) is 15.1 Å². The summed E-state index contributed by atoms with van der Waals surface area (Å²) >= 11 is 0. The number of hydrogen-bond acceptors (Lipinski definition) is 4. The Labute approximate surface area is 140 Å². The average molecular weight is 322 g/mol. The van der Waals surface area contributed by atoms with Crippen molar-refractivity contribution in [3.8, 4) is 0 Å². The van der Waals surface area contributed by atoms with Crippen molar-refractivity contribution in [3.63, 3.8) is 0 Å². The lowest BCUT2D eigenvalue weighted by molar-refractivity contribution is -0.137. The van der Waals surface area contributed by atoms with Crippen molar-refractivity contribution in [2.45, 2.75) is 56.5 Å². The summed E-state index contributed by atoms with van der Waals surface area (Å²) in [6.45, 7) is 3.99. The number of piperidine rings is 2. The molecule has 1 aliphatic carbocycles. The third-order valence-corrected chi connectivity index (χ3v) is 6.57. The monoisotopic (exact) mass is 322 g/mol. The first-order valence-electron chi connectivity index (χ1n) is 9.48. The molecule has 2 aliphatic heterocycles. The van der Waals surface area contributed by atoms with Crippen LogP contribution in [0.3, 0.4) is 0 Å². The van der Waals surface area contributed by atoms with E-state index in [9.17, 15) is 4.79 Å². The zero-order chi connectivity index (χ0) is 16.4. The van der Waals surface area contributed by atoms with Gasteiger partial charge in [0.1, 0.15) is 0 Å². The van der Waals surface area contributed by atoms with Crippen LogP contribution < -0.4 is 11.1 Å². The minimum atomic E-state index is 0.118. The van der Waals surface area contributed by atoms with Gasteiger partial charge in [-0.15, -0.1) is 0 Å². The second kappa shape index (κ2) is 7.08. The average Bonchev–Trinajstić information content (AvgIpc) is 3.09. The van der Waals surface area contributed by atoms with Crippen LogP contribution >= 0.6 is 0 Å². The van der Waals surface area contributed by atoms with Crippen LogP contribution in [-0.4, -0.2) is 67.6 Å². The fourth-order valence-electron chi connectivity index (χ4n) is 5.41. The van der Waals surface area contributed by atoms with Gasteiger partial charge in [-0.25, -0.2) is 0 Å². The van der Waals surface area contributed by atoms with E-state index in [1.54, 1.807) is 4.90 Å². The van der Waals surface area contributed by atoms with Crippen LogP contribution in [0.4, 0.5) is 0 Å². The highest BCUT2D eigenvalue weighted by Gasteiger charge is 2.51. The lowest BCUT2D eigenvalue weighted by atomic mass is 9.70. The number of hydrogen-bond donors (Lipinski definition) is 2. The summed E-state index contributed by atoms with van der Waals surface area (Å²) in [7, 11) is 3.76. The molecule has 0 aromatic rings. The molecule has 0 aromatic carbocycles. The van der Waals surface area contributed by atoms with Crippen LogP contribution in [0.2, 0.25) is 0 Å². The lowest BCUT2D eigenvalue weighted by Gasteiger charge is -2.56. The molecule has 5 heteroatoms. The van der Waals surface area contributed by atoms with E-state index in [1.807, 2.05) is 14.1 Å². The van der Waals surface area contributed by atoms with E-state index in [0.29, 0.717) is 11.8 Å². The topological polar surface area (TPSA) is 61.6 Å². The highest BCUT2D eigenvalue weighted by molar-refractivity contribution is 5.78. The van der Waals surface area contributed by atoms with E-state index in [1.165, 1.54) is 25.7 Å². The number of nitrogens with two attached hydrogens (primary N) is 1. The van der Waals surface area contributed by atoms with Crippen LogP contribution in [0, 0.1) is 11.8 Å². The summed E-state index contributed by atoms with van der Waals surface area (Å²) in [5, 5.41) is 3.48. The molecular formula is C18H34N4O. The number of amides is 1. The maximum atomic E-state index is 12.5. The Morgan fingerprint density at radius 1 is 1.22 bits per heavy atom. The molecule has 0 spiro atoms. The molecule has 3 N–H and O–H groups in total. The Kier molecular flexibility index (Phi) is 5.29. The minimum Gasteiger partial charge on any atom is -0.349 e. The molecule has 23 heavy (non-hydrogen) atoms. The Balaban J connectivity index is 1.82. The molecule has 0 aromatic heterocycles. The summed E-state index contributed by atoms with van der Waals surface area (Å²) in [6.07, 6.45) is 8.62. The Morgan fingerprint density at radius 2 is 1.96 bits per heavy atom. The van der Waals surface area contributed by atoms with Gasteiger partial charge in [0.15, 0.2) is 0 Å². The molecular weight excluding hydrogens is 288 g/mol. The predicted octanol–water partition coefficient (Wildman–Crippen LogP) is 1.04. The second-order valence-electron chi connectivity index (χ2n) is 8.05. The molecule has 2 heterocycles. The van der Waals surface area contributed by atoms with E-state index in [0.717, 1.165) is 45.4 Å². The first kappa shape index (κ1) is 17.2. The van der Waals surface area contributed by atoms with Crippen molar-refractivity contribution in [3.05, 3.63) is 0 Å². The van der Waals surface area contributed by atoms with Crippen molar-refractivity contribution < 1.29 is 4.79 Å². The fraction of sp³-hybridized carbons (Fsp3) is 0.944. The number of rotatable bonds is 3. The van der Waals surface area contributed by atoms with E-state index in [-0.39, 0.29) is 17.5 Å². The highest BCUT2D eigenvalue weighted by Crippen LogP contribution is 2.44. The Hall–Kier alpha value is -0.650. The summed E-state index contributed by atoms with van der Waals surface area (Å²) in [5.74, 6) is 1.16. The smallest absolute Gasteiger partial charge is 0.226 e. The number of carbonyl (C=O) groups is 1. The molecule has 1 saturated carbocycles. The van der Waals surface area contributed by atoms with Crippen molar-refractivity contribution in [2.75, 3.05) is 40.3 Å². The van der Waals surface area contributed by atoms with Crippen molar-refractivity contribution in [2.24, 2.45) is 17.6 Å². The predicted molar refractivity (Wildman–Crippen MR) is 93.1 cm³/mol. The molecule has 3 atom stereocenters. The van der Waals surface area contributed by atoms with E-state index < -0.39 is 0 Å². The van der Waals surface area contributed by atoms with Crippen LogP contribution in [0.25, 0.3) is 0 Å². The maximum absolute atomic E-state index is 12.5. The summed E-state index contributed by atoms with van der Waals surface area (Å²) in [5.41, 5.74) is 6.82. The zero-order valence-electron chi connectivity index (χ0n) is 14.9. The minimum absolute atomic E-state index is 0.118. The van der Waals surface area contributed by atoms with Gasteiger partial charge in [-0.2, -0.15) is 0 Å². The van der Waals surface area contributed by atoms with E-state index in [2.05, 4.69) is 10.2 Å². The molecule has 3 fully saturated rings. The first-order valence-corrected chi connectivity index (χ1v) is 9.48. The van der Waals surface area contributed by atoms with Gasteiger partial charge < -0.3 is 16.0 Å². The standard InChI is InChI=1S/C18H34N4O/c1-21(2)17(23)14-6-5-11-22(13-14)18(15-7-3-4-8-15)9-10-20-12-16(18)19/h14-16,20H,3-13,19H2,1-2H3. The molecule has 1 amide bonds. The maximum Gasteiger partial charge on any atom is 0.226 e. The van der Waals surface area contributed by atoms with E-state index >= 15 is 0 Å². The highest BCUT2D eigenvalue weighted by atomic mass is 16.2. The largest absolute Gasteiger partial charge is 0.349 e. The van der Waals surface area contributed by atoms with Gasteiger partial charge in [-0.3, -0.25) is 9.69 Å². The third-order valence-electron chi connectivity index (χ3n) is 6.57. The number of nitrogens with zero attached hydrogens (tertiary/aromatic N) is 2. The van der Waals surface area contributed by atoms with Gasteiger partial charge in [0.05, 0.1) is 5.92 Å². The first-order chi connectivity index (χ1) is 11.1. The quantitative estimate of drug-likeness (QED) is 0.815. The number of likely N-dealkylation sites (tertiary alicyclic amines) is 1. The molecule has 3 rings (SSSR count). The summed E-state index contributed by atoms with van der Waals surface area (Å²) < 4.78 is 0. The molecule has 3 aliphatic rings. The van der Waals surface area contributed by atoms with Crippen LogP contribution in [0.15, 0.2) is 0 Å². The molecule has 0 bridgehead atoms. The normalized spacial score (nSPS) is 37.0. The van der Waals surface area contributed by atoms with Crippen molar-refractivity contribution >= 4 is 5.91 Å². The second-order valence-corrected chi connectivity index (χ2v) is 8.05. The van der Waals surface area contributed by atoms with Gasteiger partial charge in [0.25, 0.3) is 0 Å². The zero-order valence-corrected chi connectivity index (χ0v) is 14.9. The molecule has 0 radical (unpaired) electrons. The third kappa shape index (κ3) is 3.15. The molecule has 2 saturated heterocycles. The fourth-order valence-corrected chi connectivity index (χ4v) is 5.41. The van der Waals surface area contributed by atoms with E-state index in [4.69, 9.17) is 5.73 Å². The Morgan fingerprint density at radius 3 is 2.61 bits per heavy atom. The lowest BCUT2D eigenvalue weighted by Crippen LogP contribution is -2.71. The van der Waals surface area contributed by atoms with Crippen LogP contribution in [0.1, 0.15) is 44.9 Å². The number of carbonyl (C=O) groups excluding carboxylic acids is 1. The summed E-state index contributed by atoms with van der Waals surface area (Å²) in [6, 6.07) is 0.188. The molecule has 5 nitrogen and oxygen atoms in total. The van der Waals surface area contributed by atoms with Crippen molar-refractivity contribution in [1.29, 1.82) is 0 Å².